The molecule has 1 rings (SSSR count). The van der Waals surface area contributed by atoms with Crippen LogP contribution in [0.5, 0.6) is 0 Å². The minimum absolute atomic E-state index is 0.0209. The SMILES string of the molecule is COCC1CN(C(=O)OC(C)(C)C)CC1N. The molecule has 1 amide bonds. The Bertz CT molecular complexity index is 250. The first-order chi connectivity index (χ1) is 7.33. The Kier molecular flexibility index (Phi) is 4.15. The lowest BCUT2D eigenvalue weighted by Gasteiger charge is -2.24. The zero-order chi connectivity index (χ0) is 12.3. The largest absolute Gasteiger partial charge is 0.444 e. The van der Waals surface area contributed by atoms with E-state index in [2.05, 4.69) is 0 Å². The van der Waals surface area contributed by atoms with Crippen molar-refractivity contribution in [3.05, 3.63) is 0 Å². The fourth-order valence-corrected chi connectivity index (χ4v) is 1.76. The highest BCUT2D eigenvalue weighted by molar-refractivity contribution is 5.68. The molecular weight excluding hydrogens is 208 g/mol. The van der Waals surface area contributed by atoms with Gasteiger partial charge in [0.1, 0.15) is 5.60 Å². The van der Waals surface area contributed by atoms with E-state index >= 15 is 0 Å². The number of amides is 1. The number of nitrogens with two attached hydrogens (primary N) is 1. The summed E-state index contributed by atoms with van der Waals surface area (Å²) < 4.78 is 10.4. The number of likely N-dealkylation sites (tertiary alicyclic amines) is 1. The van der Waals surface area contributed by atoms with Crippen LogP contribution in [0.15, 0.2) is 0 Å². The maximum absolute atomic E-state index is 11.8. The van der Waals surface area contributed by atoms with Gasteiger partial charge in [0.05, 0.1) is 6.61 Å². The highest BCUT2D eigenvalue weighted by atomic mass is 16.6. The molecule has 94 valence electrons. The first kappa shape index (κ1) is 13.3. The van der Waals surface area contributed by atoms with Crippen LogP contribution in [0, 0.1) is 5.92 Å². The fraction of sp³-hybridized carbons (Fsp3) is 0.909. The lowest BCUT2D eigenvalue weighted by Crippen LogP contribution is -2.36. The van der Waals surface area contributed by atoms with Crippen LogP contribution in [-0.4, -0.2) is 49.4 Å². The second kappa shape index (κ2) is 5.01. The normalized spacial score (nSPS) is 25.9. The van der Waals surface area contributed by atoms with E-state index in [0.717, 1.165) is 0 Å². The Labute approximate surface area is 96.9 Å². The van der Waals surface area contributed by atoms with Crippen molar-refractivity contribution in [1.82, 2.24) is 4.90 Å². The van der Waals surface area contributed by atoms with Crippen molar-refractivity contribution in [3.63, 3.8) is 0 Å². The summed E-state index contributed by atoms with van der Waals surface area (Å²) in [5, 5.41) is 0. The summed E-state index contributed by atoms with van der Waals surface area (Å²) in [5.41, 5.74) is 5.47. The van der Waals surface area contributed by atoms with Gasteiger partial charge in [-0.15, -0.1) is 0 Å². The van der Waals surface area contributed by atoms with Gasteiger partial charge in [-0.05, 0) is 20.8 Å². The lowest BCUT2D eigenvalue weighted by molar-refractivity contribution is 0.0279. The molecule has 1 fully saturated rings. The van der Waals surface area contributed by atoms with Crippen LogP contribution in [-0.2, 0) is 9.47 Å². The number of carbonyl (C=O) groups excluding carboxylic acids is 1. The zero-order valence-corrected chi connectivity index (χ0v) is 10.5. The summed E-state index contributed by atoms with van der Waals surface area (Å²) in [5.74, 6) is 0.206. The van der Waals surface area contributed by atoms with Gasteiger partial charge in [0.2, 0.25) is 0 Å². The number of hydrogen-bond acceptors (Lipinski definition) is 4. The predicted molar refractivity (Wildman–Crippen MR) is 61.1 cm³/mol. The van der Waals surface area contributed by atoms with E-state index in [1.807, 2.05) is 20.8 Å². The van der Waals surface area contributed by atoms with Gasteiger partial charge in [-0.1, -0.05) is 0 Å². The van der Waals surface area contributed by atoms with Gasteiger partial charge in [-0.2, -0.15) is 0 Å². The standard InChI is InChI=1S/C11H22N2O3/c1-11(2,3)16-10(14)13-5-8(7-15-4)9(12)6-13/h8-9H,5-7,12H2,1-4H3. The Balaban J connectivity index is 2.48. The zero-order valence-electron chi connectivity index (χ0n) is 10.5. The van der Waals surface area contributed by atoms with Crippen LogP contribution in [0.3, 0.4) is 0 Å². The Morgan fingerprint density at radius 3 is 2.56 bits per heavy atom. The molecule has 1 aliphatic heterocycles. The quantitative estimate of drug-likeness (QED) is 0.763. The number of hydrogen-bond donors (Lipinski definition) is 1. The second-order valence-electron chi connectivity index (χ2n) is 5.26. The van der Waals surface area contributed by atoms with Crippen molar-refractivity contribution >= 4 is 6.09 Å². The van der Waals surface area contributed by atoms with E-state index in [0.29, 0.717) is 19.7 Å². The van der Waals surface area contributed by atoms with Gasteiger partial charge in [0.15, 0.2) is 0 Å². The summed E-state index contributed by atoms with van der Waals surface area (Å²) >= 11 is 0. The number of rotatable bonds is 2. The summed E-state index contributed by atoms with van der Waals surface area (Å²) in [6, 6.07) is -0.0209. The van der Waals surface area contributed by atoms with Crippen molar-refractivity contribution in [2.24, 2.45) is 11.7 Å². The summed E-state index contributed by atoms with van der Waals surface area (Å²) in [4.78, 5) is 13.4. The number of nitrogens with zero attached hydrogens (tertiary/aromatic N) is 1. The van der Waals surface area contributed by atoms with E-state index in [1.165, 1.54) is 0 Å². The molecule has 2 atom stereocenters. The van der Waals surface area contributed by atoms with Crippen LogP contribution < -0.4 is 5.73 Å². The highest BCUT2D eigenvalue weighted by Gasteiger charge is 2.34. The first-order valence-corrected chi connectivity index (χ1v) is 5.56. The van der Waals surface area contributed by atoms with Gasteiger partial charge in [-0.3, -0.25) is 0 Å². The van der Waals surface area contributed by atoms with Gasteiger partial charge < -0.3 is 20.1 Å². The van der Waals surface area contributed by atoms with E-state index in [9.17, 15) is 4.79 Å². The van der Waals surface area contributed by atoms with Gasteiger partial charge in [0.25, 0.3) is 0 Å². The molecule has 5 heteroatoms. The van der Waals surface area contributed by atoms with E-state index in [1.54, 1.807) is 12.0 Å². The Morgan fingerprint density at radius 1 is 1.44 bits per heavy atom. The van der Waals surface area contributed by atoms with Gasteiger partial charge >= 0.3 is 6.09 Å². The molecule has 2 unspecified atom stereocenters. The summed E-state index contributed by atoms with van der Waals surface area (Å²) in [6.07, 6.45) is -0.290. The molecule has 0 bridgehead atoms. The smallest absolute Gasteiger partial charge is 0.410 e. The molecule has 1 saturated heterocycles. The van der Waals surface area contributed by atoms with Crippen LogP contribution in [0.1, 0.15) is 20.8 Å². The molecule has 0 aromatic heterocycles. The molecule has 16 heavy (non-hydrogen) atoms. The molecule has 2 N–H and O–H groups in total. The second-order valence-corrected chi connectivity index (χ2v) is 5.26. The molecule has 0 spiro atoms. The summed E-state index contributed by atoms with van der Waals surface area (Å²) in [7, 11) is 1.64. The maximum atomic E-state index is 11.8. The average Bonchev–Trinajstić information content (AvgIpc) is 2.46. The average molecular weight is 230 g/mol. The number of ether oxygens (including phenoxy) is 2. The highest BCUT2D eigenvalue weighted by Crippen LogP contribution is 2.18. The van der Waals surface area contributed by atoms with Crippen LogP contribution in [0.25, 0.3) is 0 Å². The monoisotopic (exact) mass is 230 g/mol. The molecule has 1 aliphatic rings. The molecular formula is C11H22N2O3. The third-order valence-corrected chi connectivity index (χ3v) is 2.52. The predicted octanol–water partition coefficient (Wildman–Crippen LogP) is 0.827. The van der Waals surface area contributed by atoms with E-state index in [4.69, 9.17) is 15.2 Å². The van der Waals surface area contributed by atoms with Crippen molar-refractivity contribution in [2.45, 2.75) is 32.4 Å². The summed E-state index contributed by atoms with van der Waals surface area (Å²) in [6.45, 7) is 7.31. The maximum Gasteiger partial charge on any atom is 0.410 e. The topological polar surface area (TPSA) is 64.8 Å². The van der Waals surface area contributed by atoms with Crippen LogP contribution in [0.4, 0.5) is 4.79 Å². The number of carbonyl (C=O) groups is 1. The Morgan fingerprint density at radius 2 is 2.06 bits per heavy atom. The first-order valence-electron chi connectivity index (χ1n) is 5.56. The van der Waals surface area contributed by atoms with Crippen LogP contribution in [0.2, 0.25) is 0 Å². The molecule has 0 aromatic rings. The Hall–Kier alpha value is -0.810. The minimum atomic E-state index is -0.458. The van der Waals surface area contributed by atoms with E-state index < -0.39 is 5.60 Å². The van der Waals surface area contributed by atoms with E-state index in [-0.39, 0.29) is 18.1 Å². The molecule has 0 saturated carbocycles. The lowest BCUT2D eigenvalue weighted by atomic mass is 10.1. The van der Waals surface area contributed by atoms with Crippen molar-refractivity contribution in [3.8, 4) is 0 Å². The van der Waals surface area contributed by atoms with Gasteiger partial charge in [-0.25, -0.2) is 4.79 Å². The van der Waals surface area contributed by atoms with Crippen molar-refractivity contribution in [2.75, 3.05) is 26.8 Å². The molecule has 5 nitrogen and oxygen atoms in total. The van der Waals surface area contributed by atoms with Crippen molar-refractivity contribution in [1.29, 1.82) is 0 Å². The third kappa shape index (κ3) is 3.64. The van der Waals surface area contributed by atoms with Crippen molar-refractivity contribution < 1.29 is 14.3 Å². The molecule has 1 heterocycles. The molecule has 0 aliphatic carbocycles. The molecule has 0 aromatic carbocycles. The fourth-order valence-electron chi connectivity index (χ4n) is 1.76. The third-order valence-electron chi connectivity index (χ3n) is 2.52. The number of methoxy groups -OCH3 is 1. The molecule has 0 radical (unpaired) electrons. The van der Waals surface area contributed by atoms with Crippen LogP contribution >= 0.6 is 0 Å². The van der Waals surface area contributed by atoms with Gasteiger partial charge in [0, 0.05) is 32.2 Å². The minimum Gasteiger partial charge on any atom is -0.444 e.